The van der Waals surface area contributed by atoms with Gasteiger partial charge in [0, 0.05) is 5.10 Å². The molecule has 0 aromatic carbocycles. The number of nitrogens with zero attached hydrogens (tertiary/aromatic N) is 3. The first-order chi connectivity index (χ1) is 5.65. The van der Waals surface area contributed by atoms with E-state index in [0.717, 1.165) is 12.3 Å². The second-order valence-electron chi connectivity index (χ2n) is 1.89. The van der Waals surface area contributed by atoms with Crippen molar-refractivity contribution in [1.82, 2.24) is 5.10 Å². The Bertz CT molecular complexity index is 314. The maximum atomic E-state index is 10.7. The third-order valence-corrected chi connectivity index (χ3v) is 1.17. The Hall–Kier alpha value is -1.92. The lowest BCUT2D eigenvalue weighted by atomic mass is 10.5. The van der Waals surface area contributed by atoms with Crippen molar-refractivity contribution in [3.05, 3.63) is 27.6 Å². The fourth-order valence-electron chi connectivity index (χ4n) is 0.624. The minimum atomic E-state index is -0.657. The molecule has 0 spiro atoms. The summed E-state index contributed by atoms with van der Waals surface area (Å²) in [5.74, 6) is -0.204. The molecule has 0 saturated heterocycles. The molecule has 0 atom stereocenters. The highest BCUT2D eigenvalue weighted by Gasteiger charge is 2.15. The first-order valence-corrected chi connectivity index (χ1v) is 2.93. The summed E-state index contributed by atoms with van der Waals surface area (Å²) in [6.45, 7) is 0. The number of hydrogen-bond acceptors (Lipinski definition) is 5. The van der Waals surface area contributed by atoms with E-state index in [9.17, 15) is 15.3 Å². The average molecular weight is 171 g/mol. The lowest BCUT2D eigenvalue weighted by Gasteiger charge is -1.97. The summed E-state index contributed by atoms with van der Waals surface area (Å²) in [7, 11) is 1.23. The zero-order chi connectivity index (χ0) is 9.14. The second-order valence-corrected chi connectivity index (χ2v) is 1.89. The monoisotopic (exact) mass is 171 g/mol. The molecule has 0 fully saturated rings. The molecule has 0 bridgehead atoms. The van der Waals surface area contributed by atoms with Gasteiger partial charge in [-0.15, -0.1) is 0 Å². The highest BCUT2D eigenvalue weighted by Crippen LogP contribution is 2.11. The molecule has 0 amide bonds. The van der Waals surface area contributed by atoms with Crippen molar-refractivity contribution in [2.24, 2.45) is 0 Å². The summed E-state index contributed by atoms with van der Waals surface area (Å²) in [5, 5.41) is 24.0. The molecule has 0 unspecified atom stereocenters. The zero-order valence-corrected chi connectivity index (χ0v) is 6.13. The molecule has 1 heterocycles. The second kappa shape index (κ2) is 2.99. The fraction of sp³-hybridized carbons (Fsp3) is 0.200. The molecule has 7 heteroatoms. The molecule has 12 heavy (non-hydrogen) atoms. The van der Waals surface area contributed by atoms with Crippen molar-refractivity contribution in [1.29, 1.82) is 0 Å². The van der Waals surface area contributed by atoms with E-state index < -0.39 is 4.92 Å². The number of hydrogen-bond donors (Lipinski definition) is 0. The summed E-state index contributed by atoms with van der Waals surface area (Å²) in [6, 6.07) is 1.00. The van der Waals surface area contributed by atoms with Crippen LogP contribution in [-0.4, -0.2) is 17.1 Å². The zero-order valence-electron chi connectivity index (χ0n) is 6.13. The summed E-state index contributed by atoms with van der Waals surface area (Å²) in [4.78, 5) is 9.68. The minimum absolute atomic E-state index is 0.160. The number of nitro groups is 1. The average Bonchev–Trinajstić information content (AvgIpc) is 2.05. The Labute approximate surface area is 66.9 Å². The van der Waals surface area contributed by atoms with E-state index in [0.29, 0.717) is 0 Å². The van der Waals surface area contributed by atoms with Gasteiger partial charge in [-0.3, -0.25) is 10.1 Å². The van der Waals surface area contributed by atoms with Gasteiger partial charge in [0.1, 0.15) is 6.07 Å². The summed E-state index contributed by atoms with van der Waals surface area (Å²) in [6.07, 6.45) is 0.857. The number of ether oxygens (including phenoxy) is 1. The predicted molar refractivity (Wildman–Crippen MR) is 36.4 cm³/mol. The Morgan fingerprint density at radius 2 is 2.42 bits per heavy atom. The van der Waals surface area contributed by atoms with Gasteiger partial charge in [0.05, 0.1) is 12.0 Å². The van der Waals surface area contributed by atoms with Crippen LogP contribution in [0.1, 0.15) is 0 Å². The normalized spacial score (nSPS) is 9.42. The molecule has 1 aromatic rings. The summed E-state index contributed by atoms with van der Waals surface area (Å²) in [5.41, 5.74) is -0.279. The van der Waals surface area contributed by atoms with Gasteiger partial charge in [-0.25, -0.2) is 0 Å². The van der Waals surface area contributed by atoms with E-state index in [4.69, 9.17) is 0 Å². The van der Waals surface area contributed by atoms with E-state index in [-0.39, 0.29) is 16.4 Å². The number of methoxy groups -OCH3 is 1. The minimum Gasteiger partial charge on any atom is -0.591 e. The van der Waals surface area contributed by atoms with Gasteiger partial charge in [-0.05, 0) is 4.85 Å². The Balaban J connectivity index is 3.13. The van der Waals surface area contributed by atoms with Gasteiger partial charge in [0.2, 0.25) is 0 Å². The van der Waals surface area contributed by atoms with Crippen LogP contribution in [0.15, 0.2) is 12.3 Å². The molecule has 0 N–H and O–H groups in total. The topological polar surface area (TPSA) is 92.2 Å². The molecule has 0 radical (unpaired) electrons. The standard InChI is InChI=1S/C5H5N3O4/c1-12-5-2-4(8(10)11)3-6-7(5)9/h2-3H,1H3. The molecule has 7 nitrogen and oxygen atoms in total. The molecular weight excluding hydrogens is 166 g/mol. The van der Waals surface area contributed by atoms with Crippen molar-refractivity contribution in [3.63, 3.8) is 0 Å². The smallest absolute Gasteiger partial charge is 0.412 e. The van der Waals surface area contributed by atoms with Gasteiger partial charge in [0.15, 0.2) is 6.20 Å². The van der Waals surface area contributed by atoms with Crippen LogP contribution in [-0.2, 0) is 0 Å². The van der Waals surface area contributed by atoms with Crippen LogP contribution in [0, 0.1) is 15.3 Å². The molecule has 1 rings (SSSR count). The lowest BCUT2D eigenvalue weighted by Crippen LogP contribution is -2.32. The first kappa shape index (κ1) is 8.18. The number of aromatic nitrogens is 2. The first-order valence-electron chi connectivity index (χ1n) is 2.93. The third-order valence-electron chi connectivity index (χ3n) is 1.17. The highest BCUT2D eigenvalue weighted by atomic mass is 16.6. The predicted octanol–water partition coefficient (Wildman–Crippen LogP) is -0.368. The van der Waals surface area contributed by atoms with Gasteiger partial charge in [-0.1, -0.05) is 0 Å². The Kier molecular flexibility index (Phi) is 2.04. The quantitative estimate of drug-likeness (QED) is 0.262. The molecule has 0 aliphatic heterocycles. The van der Waals surface area contributed by atoms with Crippen LogP contribution in [0.4, 0.5) is 5.69 Å². The third kappa shape index (κ3) is 1.39. The van der Waals surface area contributed by atoms with Crippen LogP contribution in [0.3, 0.4) is 0 Å². The maximum Gasteiger partial charge on any atom is 0.412 e. The highest BCUT2D eigenvalue weighted by molar-refractivity contribution is 5.26. The van der Waals surface area contributed by atoms with E-state index in [1.807, 2.05) is 0 Å². The van der Waals surface area contributed by atoms with Crippen molar-refractivity contribution in [2.75, 3.05) is 7.11 Å². The van der Waals surface area contributed by atoms with E-state index in [1.54, 1.807) is 0 Å². The molecule has 0 saturated carbocycles. The van der Waals surface area contributed by atoms with Gasteiger partial charge < -0.3 is 9.94 Å². The van der Waals surface area contributed by atoms with Crippen molar-refractivity contribution in [3.8, 4) is 5.88 Å². The van der Waals surface area contributed by atoms with Gasteiger partial charge in [-0.2, -0.15) is 0 Å². The fourth-order valence-corrected chi connectivity index (χ4v) is 0.624. The van der Waals surface area contributed by atoms with E-state index in [2.05, 4.69) is 9.84 Å². The molecule has 1 aromatic heterocycles. The van der Waals surface area contributed by atoms with Crippen LogP contribution in [0.2, 0.25) is 0 Å². The molecule has 64 valence electrons. The van der Waals surface area contributed by atoms with Crippen LogP contribution < -0.4 is 9.58 Å². The van der Waals surface area contributed by atoms with Crippen LogP contribution >= 0.6 is 0 Å². The number of rotatable bonds is 2. The van der Waals surface area contributed by atoms with E-state index >= 15 is 0 Å². The molecule has 0 aliphatic carbocycles. The Morgan fingerprint density at radius 1 is 1.75 bits per heavy atom. The SMILES string of the molecule is COc1cc([N+](=O)[O-])cn[n+]1[O-]. The van der Waals surface area contributed by atoms with Crippen LogP contribution in [0.5, 0.6) is 5.88 Å². The molecular formula is C5H5N3O4. The Morgan fingerprint density at radius 3 is 2.92 bits per heavy atom. The van der Waals surface area contributed by atoms with Gasteiger partial charge in [0.25, 0.3) is 0 Å². The summed E-state index contributed by atoms with van der Waals surface area (Å²) >= 11 is 0. The van der Waals surface area contributed by atoms with Gasteiger partial charge >= 0.3 is 11.6 Å². The largest absolute Gasteiger partial charge is 0.591 e. The summed E-state index contributed by atoms with van der Waals surface area (Å²) < 4.78 is 4.52. The maximum absolute atomic E-state index is 10.7. The van der Waals surface area contributed by atoms with Crippen molar-refractivity contribution < 1.29 is 14.5 Å². The molecule has 0 aliphatic rings. The van der Waals surface area contributed by atoms with E-state index in [1.165, 1.54) is 7.11 Å². The van der Waals surface area contributed by atoms with Crippen LogP contribution in [0.25, 0.3) is 0 Å². The lowest BCUT2D eigenvalue weighted by molar-refractivity contribution is -0.675. The van der Waals surface area contributed by atoms with Crippen molar-refractivity contribution >= 4 is 5.69 Å². The van der Waals surface area contributed by atoms with Crippen molar-refractivity contribution in [2.45, 2.75) is 0 Å².